The summed E-state index contributed by atoms with van der Waals surface area (Å²) >= 11 is 0. The molecule has 0 bridgehead atoms. The number of ether oxygens (including phenoxy) is 1. The molecule has 0 aromatic heterocycles. The first-order valence-corrected chi connectivity index (χ1v) is 6.26. The highest BCUT2D eigenvalue weighted by molar-refractivity contribution is 5.90. The van der Waals surface area contributed by atoms with Crippen LogP contribution in [0, 0.1) is 6.92 Å². The SMILES string of the molecule is CCNC(=O)[C@@H](C)OC(=O)/C=C/c1cccc(C)c1. The maximum absolute atomic E-state index is 11.5. The molecule has 0 aliphatic rings. The normalized spacial score (nSPS) is 12.2. The molecule has 0 aliphatic heterocycles. The lowest BCUT2D eigenvalue weighted by atomic mass is 10.1. The monoisotopic (exact) mass is 261 g/mol. The van der Waals surface area contributed by atoms with Crippen LogP contribution in [0.25, 0.3) is 6.08 Å². The number of likely N-dealkylation sites (N-methyl/N-ethyl adjacent to an activating group) is 1. The van der Waals surface area contributed by atoms with E-state index in [1.54, 1.807) is 13.0 Å². The van der Waals surface area contributed by atoms with Gasteiger partial charge in [0.15, 0.2) is 6.10 Å². The zero-order valence-electron chi connectivity index (χ0n) is 11.5. The van der Waals surface area contributed by atoms with Gasteiger partial charge in [0.05, 0.1) is 0 Å². The first-order valence-electron chi connectivity index (χ1n) is 6.26. The van der Waals surface area contributed by atoms with Gasteiger partial charge in [0.25, 0.3) is 5.91 Å². The molecule has 102 valence electrons. The minimum absolute atomic E-state index is 0.292. The summed E-state index contributed by atoms with van der Waals surface area (Å²) < 4.78 is 4.98. The molecule has 1 aromatic rings. The number of hydrogen-bond donors (Lipinski definition) is 1. The summed E-state index contributed by atoms with van der Waals surface area (Å²) in [4.78, 5) is 22.9. The van der Waals surface area contributed by atoms with Crippen LogP contribution in [-0.2, 0) is 14.3 Å². The molecule has 0 saturated heterocycles. The molecule has 19 heavy (non-hydrogen) atoms. The minimum atomic E-state index is -0.783. The third-order valence-electron chi connectivity index (χ3n) is 2.47. The van der Waals surface area contributed by atoms with Gasteiger partial charge in [-0.3, -0.25) is 4.79 Å². The van der Waals surface area contributed by atoms with Crippen molar-refractivity contribution in [1.82, 2.24) is 5.32 Å². The highest BCUT2D eigenvalue weighted by Gasteiger charge is 2.14. The fraction of sp³-hybridized carbons (Fsp3) is 0.333. The lowest BCUT2D eigenvalue weighted by Gasteiger charge is -2.10. The van der Waals surface area contributed by atoms with Gasteiger partial charge in [0, 0.05) is 12.6 Å². The fourth-order valence-electron chi connectivity index (χ4n) is 1.52. The van der Waals surface area contributed by atoms with E-state index in [2.05, 4.69) is 5.32 Å². The molecule has 1 aromatic carbocycles. The van der Waals surface area contributed by atoms with Crippen LogP contribution in [0.2, 0.25) is 0 Å². The Labute approximate surface area is 113 Å². The Morgan fingerprint density at radius 1 is 1.42 bits per heavy atom. The Hall–Kier alpha value is -2.10. The van der Waals surface area contributed by atoms with E-state index in [-0.39, 0.29) is 5.91 Å². The van der Waals surface area contributed by atoms with E-state index in [1.165, 1.54) is 6.08 Å². The molecule has 0 spiro atoms. The molecule has 0 saturated carbocycles. The molecule has 1 rings (SSSR count). The highest BCUT2D eigenvalue weighted by Crippen LogP contribution is 2.06. The molecule has 1 atom stereocenters. The first-order chi connectivity index (χ1) is 9.02. The molecule has 0 fully saturated rings. The second-order valence-corrected chi connectivity index (χ2v) is 4.22. The highest BCUT2D eigenvalue weighted by atomic mass is 16.5. The summed E-state index contributed by atoms with van der Waals surface area (Å²) in [6, 6.07) is 7.74. The van der Waals surface area contributed by atoms with E-state index >= 15 is 0 Å². The van der Waals surface area contributed by atoms with Gasteiger partial charge < -0.3 is 10.1 Å². The van der Waals surface area contributed by atoms with Crippen molar-refractivity contribution in [2.75, 3.05) is 6.54 Å². The van der Waals surface area contributed by atoms with Crippen LogP contribution in [0.5, 0.6) is 0 Å². The number of benzene rings is 1. The summed E-state index contributed by atoms with van der Waals surface area (Å²) in [5.74, 6) is -0.819. The van der Waals surface area contributed by atoms with Gasteiger partial charge in [-0.05, 0) is 32.4 Å². The molecule has 0 heterocycles. The summed E-state index contributed by atoms with van der Waals surface area (Å²) in [5, 5.41) is 2.59. The van der Waals surface area contributed by atoms with Crippen LogP contribution in [0.4, 0.5) is 0 Å². The Bertz CT molecular complexity index is 480. The van der Waals surface area contributed by atoms with Gasteiger partial charge in [-0.2, -0.15) is 0 Å². The fourth-order valence-corrected chi connectivity index (χ4v) is 1.52. The maximum atomic E-state index is 11.5. The molecule has 0 unspecified atom stereocenters. The lowest BCUT2D eigenvalue weighted by Crippen LogP contribution is -2.35. The lowest BCUT2D eigenvalue weighted by molar-refractivity contribution is -0.150. The molecular formula is C15H19NO3. The molecule has 1 amide bonds. The average Bonchev–Trinajstić information content (AvgIpc) is 2.36. The van der Waals surface area contributed by atoms with Crippen LogP contribution >= 0.6 is 0 Å². The second-order valence-electron chi connectivity index (χ2n) is 4.22. The minimum Gasteiger partial charge on any atom is -0.449 e. The van der Waals surface area contributed by atoms with Gasteiger partial charge in [0.1, 0.15) is 0 Å². The third kappa shape index (κ3) is 5.38. The number of esters is 1. The molecule has 1 N–H and O–H groups in total. The standard InChI is InChI=1S/C15H19NO3/c1-4-16-15(18)12(3)19-14(17)9-8-13-7-5-6-11(2)10-13/h5-10,12H,4H2,1-3H3,(H,16,18)/b9-8+/t12-/m1/s1. The van der Waals surface area contributed by atoms with E-state index in [9.17, 15) is 9.59 Å². The van der Waals surface area contributed by atoms with Crippen LogP contribution in [-0.4, -0.2) is 24.5 Å². The Morgan fingerprint density at radius 2 is 2.16 bits per heavy atom. The number of aryl methyl sites for hydroxylation is 1. The zero-order chi connectivity index (χ0) is 14.3. The van der Waals surface area contributed by atoms with Crippen molar-refractivity contribution in [3.63, 3.8) is 0 Å². The van der Waals surface area contributed by atoms with Crippen molar-refractivity contribution in [1.29, 1.82) is 0 Å². The van der Waals surface area contributed by atoms with Crippen LogP contribution in [0.1, 0.15) is 25.0 Å². The first kappa shape index (κ1) is 15.0. The van der Waals surface area contributed by atoms with Gasteiger partial charge in [-0.1, -0.05) is 29.8 Å². The van der Waals surface area contributed by atoms with Crippen molar-refractivity contribution in [2.45, 2.75) is 26.9 Å². The van der Waals surface area contributed by atoms with Gasteiger partial charge in [-0.25, -0.2) is 4.79 Å². The van der Waals surface area contributed by atoms with Crippen LogP contribution in [0.15, 0.2) is 30.3 Å². The summed E-state index contributed by atoms with van der Waals surface area (Å²) in [6.07, 6.45) is 2.21. The molecule has 4 heteroatoms. The second kappa shape index (κ2) is 7.36. The Balaban J connectivity index is 2.53. The van der Waals surface area contributed by atoms with Crippen molar-refractivity contribution in [3.8, 4) is 0 Å². The predicted octanol–water partition coefficient (Wildman–Crippen LogP) is 2.08. The van der Waals surface area contributed by atoms with E-state index in [4.69, 9.17) is 4.74 Å². The average molecular weight is 261 g/mol. The van der Waals surface area contributed by atoms with Crippen molar-refractivity contribution in [2.24, 2.45) is 0 Å². The van der Waals surface area contributed by atoms with Crippen LogP contribution in [0.3, 0.4) is 0 Å². The van der Waals surface area contributed by atoms with Crippen LogP contribution < -0.4 is 5.32 Å². The molecule has 0 radical (unpaired) electrons. The number of nitrogens with one attached hydrogen (secondary N) is 1. The number of hydrogen-bond acceptors (Lipinski definition) is 3. The number of amides is 1. The largest absolute Gasteiger partial charge is 0.449 e. The van der Waals surface area contributed by atoms with E-state index in [0.717, 1.165) is 11.1 Å². The Kier molecular flexibility index (Phi) is 5.79. The quantitative estimate of drug-likeness (QED) is 0.652. The van der Waals surface area contributed by atoms with Crippen molar-refractivity contribution in [3.05, 3.63) is 41.5 Å². The smallest absolute Gasteiger partial charge is 0.331 e. The summed E-state index contributed by atoms with van der Waals surface area (Å²) in [5.41, 5.74) is 2.04. The van der Waals surface area contributed by atoms with Crippen molar-refractivity contribution >= 4 is 18.0 Å². The number of rotatable bonds is 5. The molecular weight excluding hydrogens is 242 g/mol. The zero-order valence-corrected chi connectivity index (χ0v) is 11.5. The van der Waals surface area contributed by atoms with E-state index in [0.29, 0.717) is 6.54 Å². The molecule has 4 nitrogen and oxygen atoms in total. The van der Waals surface area contributed by atoms with E-state index < -0.39 is 12.1 Å². The van der Waals surface area contributed by atoms with Gasteiger partial charge in [0.2, 0.25) is 0 Å². The van der Waals surface area contributed by atoms with Gasteiger partial charge in [-0.15, -0.1) is 0 Å². The Morgan fingerprint density at radius 3 is 2.79 bits per heavy atom. The summed E-state index contributed by atoms with van der Waals surface area (Å²) in [7, 11) is 0. The number of carbonyl (C=O) groups is 2. The number of carbonyl (C=O) groups excluding carboxylic acids is 2. The topological polar surface area (TPSA) is 55.4 Å². The van der Waals surface area contributed by atoms with E-state index in [1.807, 2.05) is 38.1 Å². The summed E-state index contributed by atoms with van der Waals surface area (Å²) in [6.45, 7) is 5.85. The van der Waals surface area contributed by atoms with Gasteiger partial charge >= 0.3 is 5.97 Å². The van der Waals surface area contributed by atoms with Crippen molar-refractivity contribution < 1.29 is 14.3 Å². The molecule has 0 aliphatic carbocycles. The predicted molar refractivity (Wildman–Crippen MR) is 74.5 cm³/mol. The maximum Gasteiger partial charge on any atom is 0.331 e. The third-order valence-corrected chi connectivity index (χ3v) is 2.47.